The number of benzene rings is 2. The summed E-state index contributed by atoms with van der Waals surface area (Å²) in [5.41, 5.74) is -3.41. The summed E-state index contributed by atoms with van der Waals surface area (Å²) in [5.74, 6) is -2.18. The van der Waals surface area contributed by atoms with Gasteiger partial charge in [-0.1, -0.05) is 24.3 Å². The number of halogens is 6. The second-order valence-corrected chi connectivity index (χ2v) is 9.43. The maximum Gasteiger partial charge on any atom is 0.416 e. The van der Waals surface area contributed by atoms with Gasteiger partial charge in [-0.3, -0.25) is 14.6 Å². The minimum Gasteiger partial charge on any atom is -0.348 e. The largest absolute Gasteiger partial charge is 0.416 e. The first-order chi connectivity index (χ1) is 16.9. The number of rotatable bonds is 5. The van der Waals surface area contributed by atoms with Gasteiger partial charge >= 0.3 is 12.4 Å². The number of carbonyl (C=O) groups excluding carboxylic acids is 2. The maximum absolute atomic E-state index is 13.4. The van der Waals surface area contributed by atoms with Gasteiger partial charge in [-0.25, -0.2) is 0 Å². The number of alkyl halides is 6. The number of Topliss-reactive ketones (excluding diaryl/α,β-unsaturated/α-hetero) is 1. The van der Waals surface area contributed by atoms with Crippen LogP contribution >= 0.6 is 0 Å². The molecule has 2 aliphatic rings. The number of aromatic nitrogens is 1. The topological polar surface area (TPSA) is 59.1 Å². The normalized spacial score (nSPS) is 21.1. The van der Waals surface area contributed by atoms with Crippen molar-refractivity contribution in [2.45, 2.75) is 44.1 Å². The summed E-state index contributed by atoms with van der Waals surface area (Å²) in [7, 11) is 0. The van der Waals surface area contributed by atoms with E-state index in [0.29, 0.717) is 31.4 Å². The van der Waals surface area contributed by atoms with Crippen molar-refractivity contribution in [1.29, 1.82) is 0 Å². The number of ketones is 1. The van der Waals surface area contributed by atoms with Gasteiger partial charge in [0.15, 0.2) is 0 Å². The van der Waals surface area contributed by atoms with Gasteiger partial charge in [0.1, 0.15) is 11.7 Å². The molecular formula is C26H20F6N2O2. The first-order valence-electron chi connectivity index (χ1n) is 11.3. The molecule has 2 heterocycles. The summed E-state index contributed by atoms with van der Waals surface area (Å²) in [5, 5.41) is 4.34. The lowest BCUT2D eigenvalue weighted by atomic mass is 9.79. The number of nitrogens with one attached hydrogen (secondary N) is 1. The fourth-order valence-electron chi connectivity index (χ4n) is 5.33. The third-order valence-corrected chi connectivity index (χ3v) is 7.18. The fraction of sp³-hybridized carbons (Fsp3) is 0.346. The average Bonchev–Trinajstić information content (AvgIpc) is 3.54. The third kappa shape index (κ3) is 4.22. The van der Waals surface area contributed by atoms with Crippen molar-refractivity contribution in [2.75, 3.05) is 0 Å². The number of pyridine rings is 1. The molecule has 1 aliphatic carbocycles. The Balaban J connectivity index is 1.42. The summed E-state index contributed by atoms with van der Waals surface area (Å²) in [6.45, 7) is 0. The molecule has 1 spiro atoms. The minimum absolute atomic E-state index is 0.00135. The van der Waals surface area contributed by atoms with Crippen molar-refractivity contribution in [2.24, 2.45) is 11.3 Å². The molecular weight excluding hydrogens is 486 g/mol. The second-order valence-electron chi connectivity index (χ2n) is 9.43. The van der Waals surface area contributed by atoms with Crippen LogP contribution in [0, 0.1) is 11.3 Å². The summed E-state index contributed by atoms with van der Waals surface area (Å²) in [6, 6.07) is 7.70. The summed E-state index contributed by atoms with van der Waals surface area (Å²) >= 11 is 0. The Morgan fingerprint density at radius 2 is 1.61 bits per heavy atom. The average molecular weight is 506 g/mol. The van der Waals surface area contributed by atoms with E-state index in [-0.39, 0.29) is 23.8 Å². The number of amides is 1. The number of nitrogens with zero attached hydrogens (tertiary/aromatic N) is 1. The quantitative estimate of drug-likeness (QED) is 0.339. The van der Waals surface area contributed by atoms with Crippen LogP contribution in [0.5, 0.6) is 0 Å². The van der Waals surface area contributed by atoms with E-state index in [1.165, 1.54) is 0 Å². The predicted molar refractivity (Wildman–Crippen MR) is 118 cm³/mol. The summed E-state index contributed by atoms with van der Waals surface area (Å²) < 4.78 is 80.2. The number of hydrogen-bond donors (Lipinski definition) is 1. The van der Waals surface area contributed by atoms with E-state index in [0.717, 1.165) is 16.3 Å². The highest BCUT2D eigenvalue weighted by atomic mass is 19.4. The van der Waals surface area contributed by atoms with Gasteiger partial charge in [-0.05, 0) is 54.0 Å². The molecule has 188 valence electrons. The lowest BCUT2D eigenvalue weighted by Crippen LogP contribution is -2.28. The Morgan fingerprint density at radius 1 is 0.972 bits per heavy atom. The van der Waals surface area contributed by atoms with E-state index in [4.69, 9.17) is 0 Å². The number of hydrogen-bond acceptors (Lipinski definition) is 3. The van der Waals surface area contributed by atoms with Gasteiger partial charge in [0.2, 0.25) is 5.91 Å². The zero-order chi connectivity index (χ0) is 25.9. The summed E-state index contributed by atoms with van der Waals surface area (Å²) in [6.07, 6.45) is -5.67. The Kier molecular flexibility index (Phi) is 5.61. The van der Waals surface area contributed by atoms with E-state index in [9.17, 15) is 35.9 Å². The molecule has 1 aliphatic heterocycles. The number of carbonyl (C=O) groups is 2. The Hall–Kier alpha value is -3.43. The number of aryl methyl sites for hydroxylation is 1. The molecule has 1 saturated heterocycles. The zero-order valence-corrected chi connectivity index (χ0v) is 18.7. The molecule has 3 aromatic rings. The van der Waals surface area contributed by atoms with Gasteiger partial charge in [0.05, 0.1) is 17.2 Å². The van der Waals surface area contributed by atoms with Gasteiger partial charge < -0.3 is 5.32 Å². The van der Waals surface area contributed by atoms with Crippen LogP contribution in [-0.4, -0.2) is 16.7 Å². The van der Waals surface area contributed by atoms with Crippen LogP contribution < -0.4 is 5.32 Å². The van der Waals surface area contributed by atoms with Crippen LogP contribution in [0.25, 0.3) is 10.8 Å². The fourth-order valence-corrected chi connectivity index (χ4v) is 5.33. The first-order valence-corrected chi connectivity index (χ1v) is 11.3. The molecule has 1 saturated carbocycles. The highest BCUT2D eigenvalue weighted by Gasteiger charge is 2.65. The Bertz CT molecular complexity index is 1320. The van der Waals surface area contributed by atoms with E-state index >= 15 is 0 Å². The predicted octanol–water partition coefficient (Wildman–Crippen LogP) is 6.04. The molecule has 0 bridgehead atoms. The maximum atomic E-state index is 13.4. The Morgan fingerprint density at radius 3 is 2.22 bits per heavy atom. The van der Waals surface area contributed by atoms with Gasteiger partial charge in [0, 0.05) is 29.6 Å². The lowest BCUT2D eigenvalue weighted by molar-refractivity contribution is -0.143. The molecule has 1 N–H and O–H groups in total. The lowest BCUT2D eigenvalue weighted by Gasteiger charge is -2.24. The van der Waals surface area contributed by atoms with E-state index in [1.807, 2.05) is 24.3 Å². The second kappa shape index (κ2) is 8.31. The monoisotopic (exact) mass is 506 g/mol. The summed E-state index contributed by atoms with van der Waals surface area (Å²) in [4.78, 5) is 30.2. The molecule has 10 heteroatoms. The molecule has 5 rings (SSSR count). The first kappa shape index (κ1) is 24.3. The number of fused-ring (bicyclic) bond motifs is 1. The standard InChI is InChI=1S/C26H20F6N2O2/c27-25(28,29)17-9-16(10-18(11-17)26(30,31)32)22-24(7-8-24)21(23(36)34-22)20(35)6-5-15-13-33-12-14-3-1-2-4-19(14)15/h1-4,9-13,21-22H,5-8H2,(H,34,36). The Labute approximate surface area is 201 Å². The zero-order valence-electron chi connectivity index (χ0n) is 18.7. The van der Waals surface area contributed by atoms with E-state index in [1.54, 1.807) is 12.4 Å². The molecule has 0 radical (unpaired) electrons. The van der Waals surface area contributed by atoms with Crippen LogP contribution in [0.3, 0.4) is 0 Å². The van der Waals surface area contributed by atoms with Crippen molar-refractivity contribution >= 4 is 22.5 Å². The molecule has 1 aromatic heterocycles. The highest BCUT2D eigenvalue weighted by molar-refractivity contribution is 6.05. The van der Waals surface area contributed by atoms with Gasteiger partial charge in [0.25, 0.3) is 0 Å². The van der Waals surface area contributed by atoms with E-state index < -0.39 is 46.8 Å². The third-order valence-electron chi connectivity index (χ3n) is 7.18. The van der Waals surface area contributed by atoms with Crippen LogP contribution in [0.2, 0.25) is 0 Å². The van der Waals surface area contributed by atoms with Crippen LogP contribution in [0.15, 0.2) is 54.9 Å². The van der Waals surface area contributed by atoms with Crippen LogP contribution in [0.1, 0.15) is 47.6 Å². The van der Waals surface area contributed by atoms with Crippen molar-refractivity contribution in [3.8, 4) is 0 Å². The van der Waals surface area contributed by atoms with Crippen molar-refractivity contribution < 1.29 is 35.9 Å². The van der Waals surface area contributed by atoms with E-state index in [2.05, 4.69) is 10.3 Å². The van der Waals surface area contributed by atoms with Crippen molar-refractivity contribution in [1.82, 2.24) is 10.3 Å². The van der Waals surface area contributed by atoms with Gasteiger partial charge in [-0.2, -0.15) is 26.3 Å². The molecule has 2 fully saturated rings. The van der Waals surface area contributed by atoms with Gasteiger partial charge in [-0.15, -0.1) is 0 Å². The molecule has 1 amide bonds. The van der Waals surface area contributed by atoms with Crippen molar-refractivity contribution in [3.63, 3.8) is 0 Å². The van der Waals surface area contributed by atoms with Crippen LogP contribution in [0.4, 0.5) is 26.3 Å². The van der Waals surface area contributed by atoms with Crippen LogP contribution in [-0.2, 0) is 28.4 Å². The molecule has 2 aromatic carbocycles. The molecule has 4 nitrogen and oxygen atoms in total. The smallest absolute Gasteiger partial charge is 0.348 e. The van der Waals surface area contributed by atoms with Crippen molar-refractivity contribution in [3.05, 3.63) is 77.1 Å². The minimum atomic E-state index is -5.00. The molecule has 2 atom stereocenters. The molecule has 36 heavy (non-hydrogen) atoms. The highest BCUT2D eigenvalue weighted by Crippen LogP contribution is 2.64. The SMILES string of the molecule is O=C(CCc1cncc2ccccc12)C1C(=O)NC(c2cc(C(F)(F)F)cc(C(F)(F)F)c2)C12CC2. The molecule has 2 unspecified atom stereocenters.